The quantitative estimate of drug-likeness (QED) is 0.166. The van der Waals surface area contributed by atoms with Gasteiger partial charge in [-0.1, -0.05) is 135 Å². The topological polar surface area (TPSA) is 19.6 Å². The van der Waals surface area contributed by atoms with Crippen LogP contribution in [-0.4, -0.2) is 6.71 Å². The highest BCUT2D eigenvalue weighted by Gasteiger charge is 2.49. The zero-order valence-corrected chi connectivity index (χ0v) is 37.8. The molecule has 7 aromatic rings. The van der Waals surface area contributed by atoms with Crippen molar-refractivity contribution in [2.24, 2.45) is 0 Å². The van der Waals surface area contributed by atoms with Crippen LogP contribution in [0, 0.1) is 13.8 Å². The van der Waals surface area contributed by atoms with E-state index in [-0.39, 0.29) is 28.4 Å². The number of hydrogen-bond donors (Lipinski definition) is 0. The predicted molar refractivity (Wildman–Crippen MR) is 258 cm³/mol. The molecule has 0 spiro atoms. The Morgan fingerprint density at radius 2 is 1.18 bits per heavy atom. The Morgan fingerprint density at radius 1 is 0.567 bits per heavy atom. The van der Waals surface area contributed by atoms with Gasteiger partial charge in [-0.05, 0) is 147 Å². The number of anilines is 6. The zero-order chi connectivity index (χ0) is 42.3. The first-order chi connectivity index (χ1) is 28.3. The highest BCUT2D eigenvalue weighted by Crippen LogP contribution is 2.52. The van der Waals surface area contributed by atoms with Crippen LogP contribution in [0.5, 0.6) is 0 Å². The van der Waals surface area contributed by atoms with Gasteiger partial charge in [0.1, 0.15) is 5.58 Å². The maximum absolute atomic E-state index is 7.28. The molecule has 3 nitrogen and oxygen atoms in total. The molecule has 4 heteroatoms. The second-order valence-corrected chi connectivity index (χ2v) is 21.5. The van der Waals surface area contributed by atoms with Crippen molar-refractivity contribution in [3.05, 3.63) is 149 Å². The Hall–Kier alpha value is -5.48. The van der Waals surface area contributed by atoms with Gasteiger partial charge < -0.3 is 14.2 Å². The fourth-order valence-electron chi connectivity index (χ4n) is 10.5. The van der Waals surface area contributed by atoms with Crippen molar-refractivity contribution in [1.29, 1.82) is 0 Å². The maximum Gasteiger partial charge on any atom is 0.297 e. The van der Waals surface area contributed by atoms with Gasteiger partial charge in [0.05, 0.1) is 17.0 Å². The smallest absolute Gasteiger partial charge is 0.297 e. The van der Waals surface area contributed by atoms with E-state index >= 15 is 0 Å². The summed E-state index contributed by atoms with van der Waals surface area (Å²) in [4.78, 5) is 5.15. The first kappa shape index (κ1) is 38.7. The number of aryl methyl sites for hydroxylation is 2. The molecule has 0 saturated carbocycles. The second-order valence-electron chi connectivity index (χ2n) is 21.5. The van der Waals surface area contributed by atoms with Crippen molar-refractivity contribution < 1.29 is 4.42 Å². The molecule has 6 aromatic carbocycles. The summed E-state index contributed by atoms with van der Waals surface area (Å²) in [6, 6.07) is 44.3. The highest BCUT2D eigenvalue weighted by molar-refractivity contribution is 7.00. The Labute approximate surface area is 358 Å². The number of fused-ring (bicyclic) bond motifs is 7. The number of hydrogen-bond acceptors (Lipinski definition) is 3. The first-order valence-electron chi connectivity index (χ1n) is 22.1. The first-order valence-corrected chi connectivity index (χ1v) is 22.1. The van der Waals surface area contributed by atoms with Crippen molar-refractivity contribution in [2.45, 2.75) is 118 Å². The maximum atomic E-state index is 7.28. The Morgan fingerprint density at radius 3 is 1.83 bits per heavy atom. The summed E-state index contributed by atoms with van der Waals surface area (Å²) in [6.07, 6.45) is 2.31. The van der Waals surface area contributed by atoms with Gasteiger partial charge in [0, 0.05) is 33.7 Å². The van der Waals surface area contributed by atoms with Crippen molar-refractivity contribution in [2.75, 3.05) is 9.80 Å². The van der Waals surface area contributed by atoms with Gasteiger partial charge >= 0.3 is 0 Å². The van der Waals surface area contributed by atoms with Crippen LogP contribution >= 0.6 is 0 Å². The van der Waals surface area contributed by atoms with Gasteiger partial charge in [-0.25, -0.2) is 0 Å². The molecule has 1 aromatic heterocycles. The molecular formula is C56H59BN2O. The van der Waals surface area contributed by atoms with Crippen molar-refractivity contribution in [3.8, 4) is 11.1 Å². The van der Waals surface area contributed by atoms with E-state index in [4.69, 9.17) is 4.42 Å². The van der Waals surface area contributed by atoms with E-state index in [1.165, 1.54) is 78.2 Å². The van der Waals surface area contributed by atoms with Crippen LogP contribution in [-0.2, 0) is 21.7 Å². The van der Waals surface area contributed by atoms with Gasteiger partial charge in [0.2, 0.25) is 0 Å². The molecule has 0 N–H and O–H groups in total. The zero-order valence-electron chi connectivity index (χ0n) is 37.8. The lowest BCUT2D eigenvalue weighted by Gasteiger charge is -2.47. The van der Waals surface area contributed by atoms with Gasteiger partial charge in [-0.15, -0.1) is 0 Å². The van der Waals surface area contributed by atoms with Crippen molar-refractivity contribution in [3.63, 3.8) is 0 Å². The van der Waals surface area contributed by atoms with E-state index in [1.807, 2.05) is 0 Å². The molecule has 0 atom stereocenters. The van der Waals surface area contributed by atoms with E-state index in [0.29, 0.717) is 0 Å². The monoisotopic (exact) mass is 786 g/mol. The molecule has 0 saturated heterocycles. The van der Waals surface area contributed by atoms with E-state index in [1.54, 1.807) is 0 Å². The third-order valence-corrected chi connectivity index (χ3v) is 14.1. The number of rotatable bonds is 3. The normalized spacial score (nSPS) is 16.4. The Bertz CT molecular complexity index is 2860. The van der Waals surface area contributed by atoms with Crippen molar-refractivity contribution >= 4 is 68.4 Å². The van der Waals surface area contributed by atoms with E-state index in [2.05, 4.69) is 208 Å². The van der Waals surface area contributed by atoms with E-state index in [0.717, 1.165) is 40.8 Å². The van der Waals surface area contributed by atoms with Gasteiger partial charge in [0.25, 0.3) is 6.71 Å². The van der Waals surface area contributed by atoms with Crippen LogP contribution in [0.15, 0.2) is 120 Å². The van der Waals surface area contributed by atoms with E-state index in [9.17, 15) is 0 Å². The van der Waals surface area contributed by atoms with Gasteiger partial charge in [-0.2, -0.15) is 0 Å². The minimum absolute atomic E-state index is 0.0107. The Kier molecular flexibility index (Phi) is 8.40. The van der Waals surface area contributed by atoms with Gasteiger partial charge in [-0.3, -0.25) is 0 Å². The lowest BCUT2D eigenvalue weighted by Crippen LogP contribution is -2.61. The molecular weight excluding hydrogens is 727 g/mol. The van der Waals surface area contributed by atoms with Crippen molar-refractivity contribution in [1.82, 2.24) is 0 Å². The van der Waals surface area contributed by atoms with Crippen LogP contribution in [0.2, 0.25) is 0 Å². The summed E-state index contributed by atoms with van der Waals surface area (Å²) in [5.41, 5.74) is 22.3. The molecule has 0 bridgehead atoms. The van der Waals surface area contributed by atoms with Crippen LogP contribution in [0.25, 0.3) is 22.1 Å². The van der Waals surface area contributed by atoms with Crippen LogP contribution in [0.3, 0.4) is 0 Å². The average molecular weight is 787 g/mol. The molecule has 3 heterocycles. The SMILES string of the molecule is Cc1cc2c3c(c1)N(c1ccc(C(C)(C)C)cc1)c1c(oc4ccc(C)cc14)B3c1cc3c(cc1N2c1ccc(C(C)(C)C)cc1-c1ccccc1)C(C)(C)CCC3(C)C. The average Bonchev–Trinajstić information content (AvgIpc) is 3.56. The van der Waals surface area contributed by atoms with E-state index < -0.39 is 0 Å². The minimum Gasteiger partial charge on any atom is -0.468 e. The van der Waals surface area contributed by atoms with Gasteiger partial charge in [0.15, 0.2) is 0 Å². The molecule has 0 amide bonds. The summed E-state index contributed by atoms with van der Waals surface area (Å²) in [5, 5.41) is 1.16. The lowest BCUT2D eigenvalue weighted by atomic mass is 9.35. The van der Waals surface area contributed by atoms with Crippen LogP contribution in [0.1, 0.15) is 115 Å². The standard InChI is InChI=1S/C56H59BN2O/c1-34-18-25-49-41(28-34)51-52(60-49)57-44-32-42-43(56(11,12)27-26-55(42,9)10)33-46(44)59(45-24-21-38(54(6,7)8)31-40(45)36-16-14-13-15-17-36)48-30-35(2)29-47(50(48)57)58(51)39-22-19-37(20-23-39)53(3,4)5/h13-25,28-33H,26-27H2,1-12H3. The molecule has 3 aliphatic rings. The molecule has 0 fully saturated rings. The number of benzene rings is 6. The molecule has 302 valence electrons. The molecule has 0 radical (unpaired) electrons. The van der Waals surface area contributed by atoms with Crippen LogP contribution in [0.4, 0.5) is 34.1 Å². The fourth-order valence-corrected chi connectivity index (χ4v) is 10.5. The van der Waals surface area contributed by atoms with Crippen LogP contribution < -0.4 is 26.4 Å². The molecule has 10 rings (SSSR count). The minimum atomic E-state index is -0.102. The summed E-state index contributed by atoms with van der Waals surface area (Å²) in [5.74, 6) is 0. The molecule has 0 unspecified atom stereocenters. The summed E-state index contributed by atoms with van der Waals surface area (Å²) in [6.45, 7) is 28.0. The third-order valence-electron chi connectivity index (χ3n) is 14.1. The molecule has 2 aliphatic heterocycles. The number of furan rings is 1. The molecule has 60 heavy (non-hydrogen) atoms. The Balaban J connectivity index is 1.35. The predicted octanol–water partition coefficient (Wildman–Crippen LogP) is 13.7. The highest BCUT2D eigenvalue weighted by atomic mass is 16.3. The second kappa shape index (κ2) is 13.0. The lowest BCUT2D eigenvalue weighted by molar-refractivity contribution is 0.332. The number of nitrogens with zero attached hydrogens (tertiary/aromatic N) is 2. The summed E-state index contributed by atoms with van der Waals surface area (Å²) >= 11 is 0. The summed E-state index contributed by atoms with van der Waals surface area (Å²) < 4.78 is 7.28. The molecule has 1 aliphatic carbocycles. The largest absolute Gasteiger partial charge is 0.468 e. The third kappa shape index (κ3) is 5.92. The summed E-state index contributed by atoms with van der Waals surface area (Å²) in [7, 11) is 0. The fraction of sp³-hybridized carbons (Fsp3) is 0.321.